The molecule has 8 heteroatoms. The number of rotatable bonds is 5. The maximum atomic E-state index is 12.2. The number of thiophene rings is 1. The number of sulfonamides is 1. The third-order valence-electron chi connectivity index (χ3n) is 2.24. The summed E-state index contributed by atoms with van der Waals surface area (Å²) >= 11 is 7.08. The number of nitrogens with zero attached hydrogens (tertiary/aromatic N) is 1. The van der Waals surface area contributed by atoms with Gasteiger partial charge in [0.2, 0.25) is 0 Å². The third kappa shape index (κ3) is 3.44. The third-order valence-corrected chi connectivity index (χ3v) is 5.46. The van der Waals surface area contributed by atoms with Crippen molar-refractivity contribution in [3.8, 4) is 0 Å². The number of anilines is 1. The number of pyridine rings is 1. The molecule has 0 aliphatic carbocycles. The molecule has 0 saturated heterocycles. The van der Waals surface area contributed by atoms with Gasteiger partial charge in [0.25, 0.3) is 10.0 Å². The molecular formula is C11H12ClN3O2S2. The SMILES string of the molecule is CNCc1ccc(S(=O)(=O)Nc2ncccc2Cl)s1. The summed E-state index contributed by atoms with van der Waals surface area (Å²) in [4.78, 5) is 4.84. The Hall–Kier alpha value is -1.15. The number of nitrogens with one attached hydrogen (secondary N) is 2. The number of hydrogen-bond acceptors (Lipinski definition) is 5. The lowest BCUT2D eigenvalue weighted by atomic mass is 10.5. The monoisotopic (exact) mass is 317 g/mol. The molecule has 0 fully saturated rings. The largest absolute Gasteiger partial charge is 0.315 e. The second kappa shape index (κ2) is 5.87. The fourth-order valence-electron chi connectivity index (χ4n) is 1.41. The van der Waals surface area contributed by atoms with E-state index >= 15 is 0 Å². The molecule has 0 spiro atoms. The van der Waals surface area contributed by atoms with E-state index < -0.39 is 10.0 Å². The average Bonchev–Trinajstić information content (AvgIpc) is 2.82. The lowest BCUT2D eigenvalue weighted by molar-refractivity contribution is 0.603. The van der Waals surface area contributed by atoms with Gasteiger partial charge in [-0.3, -0.25) is 4.72 Å². The van der Waals surface area contributed by atoms with Crippen molar-refractivity contribution in [1.82, 2.24) is 10.3 Å². The first-order chi connectivity index (χ1) is 9.03. The minimum Gasteiger partial charge on any atom is -0.315 e. The molecule has 2 rings (SSSR count). The van der Waals surface area contributed by atoms with Crippen molar-refractivity contribution < 1.29 is 8.42 Å². The Kier molecular flexibility index (Phi) is 4.41. The molecule has 0 unspecified atom stereocenters. The van der Waals surface area contributed by atoms with Crippen molar-refractivity contribution in [3.05, 3.63) is 40.4 Å². The van der Waals surface area contributed by atoms with Crippen LogP contribution < -0.4 is 10.0 Å². The number of hydrogen-bond donors (Lipinski definition) is 2. The zero-order chi connectivity index (χ0) is 13.9. The highest BCUT2D eigenvalue weighted by Crippen LogP contribution is 2.26. The molecule has 0 amide bonds. The maximum absolute atomic E-state index is 12.2. The summed E-state index contributed by atoms with van der Waals surface area (Å²) in [6.45, 7) is 0.629. The molecule has 2 aromatic heterocycles. The quantitative estimate of drug-likeness (QED) is 0.888. The van der Waals surface area contributed by atoms with E-state index in [4.69, 9.17) is 11.6 Å². The Morgan fingerprint density at radius 3 is 2.84 bits per heavy atom. The van der Waals surface area contributed by atoms with Gasteiger partial charge in [-0.2, -0.15) is 0 Å². The predicted octanol–water partition coefficient (Wildman–Crippen LogP) is 2.32. The van der Waals surface area contributed by atoms with E-state index in [1.165, 1.54) is 17.5 Å². The molecule has 19 heavy (non-hydrogen) atoms. The van der Waals surface area contributed by atoms with E-state index in [2.05, 4.69) is 15.0 Å². The van der Waals surface area contributed by atoms with Gasteiger partial charge in [0.05, 0.1) is 5.02 Å². The van der Waals surface area contributed by atoms with Crippen molar-refractivity contribution in [3.63, 3.8) is 0 Å². The van der Waals surface area contributed by atoms with Crippen molar-refractivity contribution in [2.24, 2.45) is 0 Å². The minimum absolute atomic E-state index is 0.132. The van der Waals surface area contributed by atoms with E-state index in [0.29, 0.717) is 6.54 Å². The lowest BCUT2D eigenvalue weighted by Crippen LogP contribution is -2.12. The molecule has 5 nitrogen and oxygen atoms in total. The van der Waals surface area contributed by atoms with Crippen LogP contribution in [-0.2, 0) is 16.6 Å². The Balaban J connectivity index is 2.25. The van der Waals surface area contributed by atoms with Gasteiger partial charge >= 0.3 is 0 Å². The summed E-state index contributed by atoms with van der Waals surface area (Å²) in [7, 11) is -1.83. The standard InChI is InChI=1S/C11H12ClN3O2S2/c1-13-7-8-4-5-10(18-8)19(16,17)15-11-9(12)3-2-6-14-11/h2-6,13H,7H2,1H3,(H,14,15). The second-order valence-corrected chi connectivity index (χ2v) is 7.18. The Bertz CT molecular complexity index is 670. The van der Waals surface area contributed by atoms with Crippen LogP contribution in [0.3, 0.4) is 0 Å². The van der Waals surface area contributed by atoms with E-state index in [1.807, 2.05) is 0 Å². The highest BCUT2D eigenvalue weighted by molar-refractivity contribution is 7.94. The van der Waals surface area contributed by atoms with Crippen LogP contribution in [0.4, 0.5) is 5.82 Å². The minimum atomic E-state index is -3.64. The zero-order valence-electron chi connectivity index (χ0n) is 10.1. The molecule has 0 aliphatic rings. The fourth-order valence-corrected chi connectivity index (χ4v) is 4.03. The van der Waals surface area contributed by atoms with E-state index in [0.717, 1.165) is 4.88 Å². The molecule has 102 valence electrons. The predicted molar refractivity (Wildman–Crippen MR) is 77.1 cm³/mol. The van der Waals surface area contributed by atoms with Crippen molar-refractivity contribution in [1.29, 1.82) is 0 Å². The highest BCUT2D eigenvalue weighted by atomic mass is 35.5. The Labute approximate surface area is 120 Å². The first-order valence-corrected chi connectivity index (χ1v) is 8.07. The fraction of sp³-hybridized carbons (Fsp3) is 0.182. The van der Waals surface area contributed by atoms with Crippen molar-refractivity contribution in [2.75, 3.05) is 11.8 Å². The molecule has 2 N–H and O–H groups in total. The average molecular weight is 318 g/mol. The first-order valence-electron chi connectivity index (χ1n) is 5.39. The van der Waals surface area contributed by atoms with Gasteiger partial charge in [-0.25, -0.2) is 13.4 Å². The van der Waals surface area contributed by atoms with Gasteiger partial charge < -0.3 is 5.32 Å². The van der Waals surface area contributed by atoms with Gasteiger partial charge in [0.15, 0.2) is 5.82 Å². The molecule has 0 atom stereocenters. The van der Waals surface area contributed by atoms with Crippen molar-refractivity contribution >= 4 is 38.8 Å². The molecule has 2 aromatic rings. The Morgan fingerprint density at radius 1 is 1.37 bits per heavy atom. The summed E-state index contributed by atoms with van der Waals surface area (Å²) in [6.07, 6.45) is 1.48. The van der Waals surface area contributed by atoms with E-state index in [1.54, 1.807) is 31.3 Å². The topological polar surface area (TPSA) is 71.1 Å². The lowest BCUT2D eigenvalue weighted by Gasteiger charge is -2.06. The highest BCUT2D eigenvalue weighted by Gasteiger charge is 2.18. The maximum Gasteiger partial charge on any atom is 0.272 e. The first kappa shape index (κ1) is 14.3. The Morgan fingerprint density at radius 2 is 2.16 bits per heavy atom. The summed E-state index contributed by atoms with van der Waals surface area (Å²) in [5, 5.41) is 3.23. The van der Waals surface area contributed by atoms with Crippen LogP contribution in [0.2, 0.25) is 5.02 Å². The van der Waals surface area contributed by atoms with Crippen LogP contribution in [0, 0.1) is 0 Å². The molecule has 2 heterocycles. The zero-order valence-corrected chi connectivity index (χ0v) is 12.4. The van der Waals surface area contributed by atoms with Gasteiger partial charge in [0, 0.05) is 17.6 Å². The molecule has 0 saturated carbocycles. The summed E-state index contributed by atoms with van der Waals surface area (Å²) in [5.41, 5.74) is 0. The normalized spacial score (nSPS) is 11.5. The van der Waals surface area contributed by atoms with Gasteiger partial charge in [-0.05, 0) is 31.3 Å². The summed E-state index contributed by atoms with van der Waals surface area (Å²) < 4.78 is 26.9. The second-order valence-electron chi connectivity index (χ2n) is 3.69. The molecule has 0 bridgehead atoms. The van der Waals surface area contributed by atoms with Crippen LogP contribution >= 0.6 is 22.9 Å². The van der Waals surface area contributed by atoms with Crippen LogP contribution in [0.1, 0.15) is 4.88 Å². The summed E-state index contributed by atoms with van der Waals surface area (Å²) in [5.74, 6) is 0.132. The van der Waals surface area contributed by atoms with Crippen LogP contribution in [0.25, 0.3) is 0 Å². The van der Waals surface area contributed by atoms with Crippen LogP contribution in [-0.4, -0.2) is 20.4 Å². The van der Waals surface area contributed by atoms with E-state index in [-0.39, 0.29) is 15.0 Å². The number of aromatic nitrogens is 1. The van der Waals surface area contributed by atoms with E-state index in [9.17, 15) is 8.42 Å². The molecular weight excluding hydrogens is 306 g/mol. The van der Waals surface area contributed by atoms with Gasteiger partial charge in [-0.1, -0.05) is 11.6 Å². The molecule has 0 radical (unpaired) electrons. The smallest absolute Gasteiger partial charge is 0.272 e. The van der Waals surface area contributed by atoms with Crippen LogP contribution in [0.15, 0.2) is 34.7 Å². The van der Waals surface area contributed by atoms with Crippen LogP contribution in [0.5, 0.6) is 0 Å². The van der Waals surface area contributed by atoms with Gasteiger partial charge in [-0.15, -0.1) is 11.3 Å². The molecule has 0 aromatic carbocycles. The number of halogens is 1. The summed E-state index contributed by atoms with van der Waals surface area (Å²) in [6, 6.07) is 6.55. The molecule has 0 aliphatic heterocycles. The van der Waals surface area contributed by atoms with Gasteiger partial charge in [0.1, 0.15) is 4.21 Å². The van der Waals surface area contributed by atoms with Crippen molar-refractivity contribution in [2.45, 2.75) is 10.8 Å².